The van der Waals surface area contributed by atoms with E-state index in [0.717, 1.165) is 31.0 Å². The van der Waals surface area contributed by atoms with E-state index in [1.54, 1.807) is 6.20 Å². The molecule has 0 saturated heterocycles. The summed E-state index contributed by atoms with van der Waals surface area (Å²) in [4.78, 5) is 6.87. The molecular formula is C20H21N5. The summed E-state index contributed by atoms with van der Waals surface area (Å²) in [5.41, 5.74) is 6.21. The second-order valence-corrected chi connectivity index (χ2v) is 6.47. The number of hydrogen-bond acceptors (Lipinski definition) is 5. The molecule has 0 radical (unpaired) electrons. The Morgan fingerprint density at radius 2 is 1.72 bits per heavy atom. The zero-order chi connectivity index (χ0) is 17.2. The molecule has 1 aliphatic heterocycles. The number of aryl methyl sites for hydroxylation is 2. The van der Waals surface area contributed by atoms with Crippen LogP contribution in [0.3, 0.4) is 0 Å². The van der Waals surface area contributed by atoms with E-state index >= 15 is 0 Å². The van der Waals surface area contributed by atoms with Gasteiger partial charge < -0.3 is 10.2 Å². The van der Waals surface area contributed by atoms with Gasteiger partial charge in [0, 0.05) is 18.8 Å². The summed E-state index contributed by atoms with van der Waals surface area (Å²) >= 11 is 0. The summed E-state index contributed by atoms with van der Waals surface area (Å²) in [6, 6.07) is 14.8. The number of aromatic nitrogens is 3. The van der Waals surface area contributed by atoms with Crippen LogP contribution in [-0.4, -0.2) is 21.7 Å². The number of para-hydroxylation sites is 1. The number of hydrogen-bond donors (Lipinski definition) is 1. The number of anilines is 3. The lowest BCUT2D eigenvalue weighted by Crippen LogP contribution is -2.32. The second kappa shape index (κ2) is 6.51. The van der Waals surface area contributed by atoms with Crippen molar-refractivity contribution >= 4 is 17.5 Å². The predicted octanol–water partition coefficient (Wildman–Crippen LogP) is 3.79. The maximum absolute atomic E-state index is 4.69. The van der Waals surface area contributed by atoms with Gasteiger partial charge in [-0.2, -0.15) is 10.1 Å². The molecule has 0 unspecified atom stereocenters. The topological polar surface area (TPSA) is 53.9 Å². The number of benzene rings is 2. The van der Waals surface area contributed by atoms with E-state index in [-0.39, 0.29) is 0 Å². The number of fused-ring (bicyclic) bond motifs is 1. The first-order chi connectivity index (χ1) is 12.2. The van der Waals surface area contributed by atoms with Crippen LogP contribution >= 0.6 is 0 Å². The lowest BCUT2D eigenvalue weighted by molar-refractivity contribution is 0.698. The van der Waals surface area contributed by atoms with Crippen molar-refractivity contribution in [3.8, 4) is 0 Å². The van der Waals surface area contributed by atoms with Crippen LogP contribution in [0.2, 0.25) is 0 Å². The normalized spacial score (nSPS) is 13.4. The van der Waals surface area contributed by atoms with Crippen LogP contribution in [0.4, 0.5) is 17.5 Å². The van der Waals surface area contributed by atoms with E-state index in [0.29, 0.717) is 5.95 Å². The van der Waals surface area contributed by atoms with Crippen molar-refractivity contribution in [2.45, 2.75) is 26.8 Å². The summed E-state index contributed by atoms with van der Waals surface area (Å²) in [6.07, 6.45) is 2.68. The van der Waals surface area contributed by atoms with Crippen LogP contribution in [0.5, 0.6) is 0 Å². The van der Waals surface area contributed by atoms with Gasteiger partial charge in [-0.05, 0) is 42.5 Å². The van der Waals surface area contributed by atoms with Gasteiger partial charge in [0.1, 0.15) is 0 Å². The van der Waals surface area contributed by atoms with Crippen LogP contribution in [0, 0.1) is 13.8 Å². The number of nitrogens with one attached hydrogen (secondary N) is 1. The summed E-state index contributed by atoms with van der Waals surface area (Å²) in [6.45, 7) is 5.91. The van der Waals surface area contributed by atoms with Gasteiger partial charge in [-0.1, -0.05) is 42.5 Å². The minimum atomic E-state index is 0.672. The van der Waals surface area contributed by atoms with Crippen molar-refractivity contribution in [1.29, 1.82) is 0 Å². The second-order valence-electron chi connectivity index (χ2n) is 6.47. The molecule has 0 spiro atoms. The van der Waals surface area contributed by atoms with Crippen molar-refractivity contribution in [3.63, 3.8) is 0 Å². The molecule has 126 valence electrons. The highest BCUT2D eigenvalue weighted by molar-refractivity contribution is 5.64. The summed E-state index contributed by atoms with van der Waals surface area (Å²) in [5, 5.41) is 11.8. The van der Waals surface area contributed by atoms with Crippen LogP contribution in [-0.2, 0) is 13.0 Å². The van der Waals surface area contributed by atoms with Gasteiger partial charge in [-0.25, -0.2) is 0 Å². The Labute approximate surface area is 147 Å². The van der Waals surface area contributed by atoms with Crippen molar-refractivity contribution < 1.29 is 0 Å². The molecule has 3 aromatic rings. The predicted molar refractivity (Wildman–Crippen MR) is 100 cm³/mol. The molecule has 0 fully saturated rings. The Bertz CT molecular complexity index is 886. The lowest BCUT2D eigenvalue weighted by atomic mass is 10.0. The zero-order valence-corrected chi connectivity index (χ0v) is 14.5. The van der Waals surface area contributed by atoms with Gasteiger partial charge >= 0.3 is 0 Å². The third kappa shape index (κ3) is 3.18. The highest BCUT2D eigenvalue weighted by Gasteiger charge is 2.18. The minimum Gasteiger partial charge on any atom is -0.338 e. The first-order valence-electron chi connectivity index (χ1n) is 8.55. The molecule has 5 nitrogen and oxygen atoms in total. The van der Waals surface area contributed by atoms with Crippen LogP contribution in [0.1, 0.15) is 22.3 Å². The van der Waals surface area contributed by atoms with Gasteiger partial charge in [0.2, 0.25) is 5.95 Å². The fraction of sp³-hybridized carbons (Fsp3) is 0.250. The third-order valence-corrected chi connectivity index (χ3v) is 4.70. The largest absolute Gasteiger partial charge is 0.338 e. The fourth-order valence-corrected chi connectivity index (χ4v) is 3.29. The maximum Gasteiger partial charge on any atom is 0.247 e. The number of nitrogens with zero attached hydrogens (tertiary/aromatic N) is 4. The van der Waals surface area contributed by atoms with E-state index in [1.807, 2.05) is 0 Å². The van der Waals surface area contributed by atoms with E-state index < -0.39 is 0 Å². The van der Waals surface area contributed by atoms with Crippen LogP contribution in [0.25, 0.3) is 0 Å². The summed E-state index contributed by atoms with van der Waals surface area (Å²) < 4.78 is 0. The molecule has 2 heterocycles. The molecule has 1 N–H and O–H groups in total. The summed E-state index contributed by atoms with van der Waals surface area (Å²) in [5.74, 6) is 1.40. The molecule has 2 aromatic carbocycles. The molecule has 0 aliphatic carbocycles. The van der Waals surface area contributed by atoms with Gasteiger partial charge in [-0.15, -0.1) is 5.10 Å². The number of rotatable bonds is 3. The first-order valence-corrected chi connectivity index (χ1v) is 8.55. The van der Waals surface area contributed by atoms with Gasteiger partial charge in [0.25, 0.3) is 0 Å². The Kier molecular flexibility index (Phi) is 4.06. The molecule has 0 bridgehead atoms. The van der Waals surface area contributed by atoms with Crippen molar-refractivity contribution in [2.24, 2.45) is 0 Å². The molecule has 4 rings (SSSR count). The molecule has 5 heteroatoms. The van der Waals surface area contributed by atoms with Crippen molar-refractivity contribution in [3.05, 3.63) is 70.9 Å². The molecular weight excluding hydrogens is 310 g/mol. The molecule has 25 heavy (non-hydrogen) atoms. The van der Waals surface area contributed by atoms with Crippen LogP contribution in [0.15, 0.2) is 48.7 Å². The Morgan fingerprint density at radius 3 is 2.52 bits per heavy atom. The lowest BCUT2D eigenvalue weighted by Gasteiger charge is -2.28. The molecule has 0 atom stereocenters. The molecule has 1 aromatic heterocycles. The van der Waals surface area contributed by atoms with Crippen molar-refractivity contribution in [2.75, 3.05) is 16.8 Å². The molecule has 0 amide bonds. The monoisotopic (exact) mass is 331 g/mol. The van der Waals surface area contributed by atoms with Crippen molar-refractivity contribution in [1.82, 2.24) is 15.2 Å². The Hall–Kier alpha value is -2.95. The average Bonchev–Trinajstić information content (AvgIpc) is 2.65. The van der Waals surface area contributed by atoms with E-state index in [2.05, 4.69) is 81.7 Å². The third-order valence-electron chi connectivity index (χ3n) is 4.70. The highest BCUT2D eigenvalue weighted by Crippen LogP contribution is 2.25. The molecule has 1 aliphatic rings. The van der Waals surface area contributed by atoms with E-state index in [4.69, 9.17) is 0 Å². The van der Waals surface area contributed by atoms with Gasteiger partial charge in [0.05, 0.1) is 6.20 Å². The highest BCUT2D eigenvalue weighted by atomic mass is 15.3. The molecule has 0 saturated carbocycles. The maximum atomic E-state index is 4.69. The quantitative estimate of drug-likeness (QED) is 0.791. The van der Waals surface area contributed by atoms with Gasteiger partial charge in [-0.3, -0.25) is 0 Å². The zero-order valence-electron chi connectivity index (χ0n) is 14.5. The SMILES string of the molecule is Cc1cccc(C)c1Nc1cnnc(N2CCc3ccccc3C2)n1. The van der Waals surface area contributed by atoms with E-state index in [1.165, 1.54) is 22.3 Å². The Morgan fingerprint density at radius 1 is 0.960 bits per heavy atom. The fourth-order valence-electron chi connectivity index (χ4n) is 3.29. The van der Waals surface area contributed by atoms with E-state index in [9.17, 15) is 0 Å². The standard InChI is InChI=1S/C20H21N5/c1-14-6-5-7-15(2)19(14)22-18-12-21-24-20(23-18)25-11-10-16-8-3-4-9-17(16)13-25/h3-9,12H,10-11,13H2,1-2H3,(H,22,23,24). The first kappa shape index (κ1) is 15.6. The summed E-state index contributed by atoms with van der Waals surface area (Å²) in [7, 11) is 0. The minimum absolute atomic E-state index is 0.672. The van der Waals surface area contributed by atoms with Crippen LogP contribution < -0.4 is 10.2 Å². The smallest absolute Gasteiger partial charge is 0.247 e. The average molecular weight is 331 g/mol. The Balaban J connectivity index is 1.58. The van der Waals surface area contributed by atoms with Gasteiger partial charge in [0.15, 0.2) is 5.82 Å².